The summed E-state index contributed by atoms with van der Waals surface area (Å²) in [6.07, 6.45) is 4.33. The van der Waals surface area contributed by atoms with E-state index in [0.717, 1.165) is 0 Å². The van der Waals surface area contributed by atoms with Crippen LogP contribution < -0.4 is 11.2 Å². The number of H-pyrrole nitrogens is 1. The second-order valence-electron chi connectivity index (χ2n) is 6.50. The zero-order valence-corrected chi connectivity index (χ0v) is 16.0. The van der Waals surface area contributed by atoms with Gasteiger partial charge in [-0.3, -0.25) is 10.4 Å². The molecule has 154 valence electrons. The molecule has 4 aromatic rings. The molecular weight excluding hydrogens is 402 g/mol. The summed E-state index contributed by atoms with van der Waals surface area (Å²) < 4.78 is 27.4. The molecule has 31 heavy (non-hydrogen) atoms. The largest absolute Gasteiger partial charge is 0.369 e. The van der Waals surface area contributed by atoms with Crippen LogP contribution in [0.2, 0.25) is 0 Å². The van der Waals surface area contributed by atoms with Crippen molar-refractivity contribution in [2.45, 2.75) is 6.42 Å². The summed E-state index contributed by atoms with van der Waals surface area (Å²) in [7, 11) is 0. The lowest BCUT2D eigenvalue weighted by atomic mass is 10.0. The number of aromatic amines is 1. The van der Waals surface area contributed by atoms with E-state index in [1.54, 1.807) is 18.2 Å². The van der Waals surface area contributed by atoms with Gasteiger partial charge < -0.3 is 10.7 Å². The molecule has 0 aliphatic rings. The first-order chi connectivity index (χ1) is 15.0. The number of pyridine rings is 1. The van der Waals surface area contributed by atoms with Crippen molar-refractivity contribution in [2.24, 2.45) is 4.99 Å². The van der Waals surface area contributed by atoms with E-state index in [1.165, 1.54) is 42.9 Å². The fourth-order valence-corrected chi connectivity index (χ4v) is 2.99. The van der Waals surface area contributed by atoms with Crippen LogP contribution in [-0.4, -0.2) is 31.0 Å². The van der Waals surface area contributed by atoms with Crippen LogP contribution in [0, 0.1) is 17.0 Å². The number of nitrogens with zero attached hydrogens (tertiary/aromatic N) is 5. The highest BCUT2D eigenvalue weighted by molar-refractivity contribution is 5.84. The normalized spacial score (nSPS) is 11.5. The fraction of sp³-hybridized carbons (Fsp3) is 0.0476. The molecule has 0 saturated heterocycles. The second kappa shape index (κ2) is 8.57. The quantitative estimate of drug-likeness (QED) is 0.347. The van der Waals surface area contributed by atoms with E-state index in [2.05, 4.69) is 30.1 Å². The highest BCUT2D eigenvalue weighted by Crippen LogP contribution is 2.27. The average molecular weight is 418 g/mol. The van der Waals surface area contributed by atoms with Gasteiger partial charge in [0.25, 0.3) is 0 Å². The van der Waals surface area contributed by atoms with Gasteiger partial charge in [0.15, 0.2) is 5.95 Å². The van der Waals surface area contributed by atoms with Gasteiger partial charge in [0.1, 0.15) is 23.0 Å². The Morgan fingerprint density at radius 3 is 2.55 bits per heavy atom. The van der Waals surface area contributed by atoms with Gasteiger partial charge in [0.2, 0.25) is 0 Å². The number of nitrogens with two attached hydrogens (primary N) is 1. The molecule has 4 N–H and O–H groups in total. The molecule has 0 spiro atoms. The molecule has 0 fully saturated rings. The van der Waals surface area contributed by atoms with Gasteiger partial charge in [-0.15, -0.1) is 0 Å². The third kappa shape index (κ3) is 4.47. The number of benzene rings is 1. The predicted octanol–water partition coefficient (Wildman–Crippen LogP) is 2.91. The van der Waals surface area contributed by atoms with E-state index >= 15 is 0 Å². The molecule has 0 unspecified atom stereocenters. The number of nitrogens with one attached hydrogen (secondary N) is 2. The average Bonchev–Trinajstić information content (AvgIpc) is 2.76. The number of rotatable bonds is 4. The van der Waals surface area contributed by atoms with E-state index in [1.807, 2.05) is 0 Å². The third-order valence-corrected chi connectivity index (χ3v) is 4.36. The minimum atomic E-state index is -0.522. The van der Waals surface area contributed by atoms with Gasteiger partial charge in [-0.1, -0.05) is 0 Å². The summed E-state index contributed by atoms with van der Waals surface area (Å²) in [5, 5.41) is 15.9. The van der Waals surface area contributed by atoms with Gasteiger partial charge >= 0.3 is 0 Å². The SMILES string of the molecule is N=C(Cc1ncccc1F)/N=c1\[nH]c(N)nc(-c2ccc(F)cc2)c1-c1ccnnc1. The Kier molecular flexibility index (Phi) is 5.52. The van der Waals surface area contributed by atoms with Gasteiger partial charge in [-0.2, -0.15) is 10.2 Å². The number of hydrogen-bond acceptors (Lipinski definition) is 6. The van der Waals surface area contributed by atoms with Gasteiger partial charge in [-0.25, -0.2) is 18.8 Å². The van der Waals surface area contributed by atoms with Crippen LogP contribution in [0.25, 0.3) is 22.4 Å². The molecule has 0 bridgehead atoms. The molecule has 8 nitrogen and oxygen atoms in total. The van der Waals surface area contributed by atoms with Crippen LogP contribution in [-0.2, 0) is 6.42 Å². The van der Waals surface area contributed by atoms with Gasteiger partial charge in [0.05, 0.1) is 35.8 Å². The van der Waals surface area contributed by atoms with Crippen molar-refractivity contribution in [1.82, 2.24) is 25.1 Å². The first-order valence-electron chi connectivity index (χ1n) is 9.15. The number of aromatic nitrogens is 5. The van der Waals surface area contributed by atoms with Crippen molar-refractivity contribution in [3.05, 3.63) is 83.9 Å². The molecular formula is C21H16F2N8. The highest BCUT2D eigenvalue weighted by Gasteiger charge is 2.15. The highest BCUT2D eigenvalue weighted by atomic mass is 19.1. The van der Waals surface area contributed by atoms with E-state index in [0.29, 0.717) is 22.4 Å². The fourth-order valence-electron chi connectivity index (χ4n) is 2.99. The van der Waals surface area contributed by atoms with Crippen LogP contribution in [0.1, 0.15) is 5.69 Å². The van der Waals surface area contributed by atoms with Gasteiger partial charge in [0, 0.05) is 17.3 Å². The number of nitrogen functional groups attached to an aromatic ring is 1. The van der Waals surface area contributed by atoms with E-state index in [4.69, 9.17) is 11.1 Å². The van der Waals surface area contributed by atoms with Crippen LogP contribution in [0.5, 0.6) is 0 Å². The molecule has 0 aliphatic carbocycles. The monoisotopic (exact) mass is 418 g/mol. The Bertz CT molecular complexity index is 1300. The van der Waals surface area contributed by atoms with E-state index in [-0.39, 0.29) is 29.4 Å². The van der Waals surface area contributed by atoms with Crippen molar-refractivity contribution in [1.29, 1.82) is 5.41 Å². The van der Waals surface area contributed by atoms with Crippen LogP contribution in [0.4, 0.5) is 14.7 Å². The minimum absolute atomic E-state index is 0.0423. The van der Waals surface area contributed by atoms with E-state index in [9.17, 15) is 8.78 Å². The maximum Gasteiger partial charge on any atom is 0.199 e. The topological polar surface area (TPSA) is 130 Å². The van der Waals surface area contributed by atoms with Crippen LogP contribution in [0.15, 0.2) is 66.0 Å². The maximum absolute atomic E-state index is 13.9. The number of anilines is 1. The zero-order chi connectivity index (χ0) is 21.8. The molecule has 4 rings (SSSR count). The summed E-state index contributed by atoms with van der Waals surface area (Å²) in [4.78, 5) is 15.5. The number of hydrogen-bond donors (Lipinski definition) is 3. The summed E-state index contributed by atoms with van der Waals surface area (Å²) in [5.74, 6) is -1.02. The second-order valence-corrected chi connectivity index (χ2v) is 6.50. The molecule has 0 atom stereocenters. The van der Waals surface area contributed by atoms with Crippen molar-refractivity contribution in [3.63, 3.8) is 0 Å². The standard InChI is InChI=1S/C21H16F2N8/c22-14-5-3-12(4-6-14)19-18(13-7-9-27-28-11-13)20(31-21(25)30-19)29-17(24)10-16-15(23)2-1-8-26-16/h1-9,11H,10H2,(H4,24,25,29,30,31). The Balaban J connectivity index is 1.89. The third-order valence-electron chi connectivity index (χ3n) is 4.36. The summed E-state index contributed by atoms with van der Waals surface area (Å²) in [6, 6.07) is 10.2. The molecule has 0 saturated carbocycles. The van der Waals surface area contributed by atoms with Crippen molar-refractivity contribution in [2.75, 3.05) is 5.73 Å². The smallest absolute Gasteiger partial charge is 0.199 e. The number of halogens is 2. The van der Waals surface area contributed by atoms with Crippen molar-refractivity contribution < 1.29 is 8.78 Å². The summed E-state index contributed by atoms with van der Waals surface area (Å²) in [5.41, 5.74) is 8.38. The molecule has 1 aromatic carbocycles. The molecule has 0 amide bonds. The van der Waals surface area contributed by atoms with Crippen molar-refractivity contribution in [3.8, 4) is 22.4 Å². The molecule has 10 heteroatoms. The molecule has 3 heterocycles. The van der Waals surface area contributed by atoms with Crippen molar-refractivity contribution >= 4 is 11.8 Å². The van der Waals surface area contributed by atoms with E-state index < -0.39 is 11.6 Å². The van der Waals surface area contributed by atoms with Gasteiger partial charge in [-0.05, 0) is 42.5 Å². The summed E-state index contributed by atoms with van der Waals surface area (Å²) in [6.45, 7) is 0. The Morgan fingerprint density at radius 1 is 1.03 bits per heavy atom. The lowest BCUT2D eigenvalue weighted by Gasteiger charge is -2.11. The number of amidine groups is 1. The molecule has 0 radical (unpaired) electrons. The Labute approximate surface area is 175 Å². The minimum Gasteiger partial charge on any atom is -0.369 e. The van der Waals surface area contributed by atoms with Crippen LogP contribution >= 0.6 is 0 Å². The molecule has 0 aliphatic heterocycles. The zero-order valence-electron chi connectivity index (χ0n) is 16.0. The Hall–Kier alpha value is -4.34. The lowest BCUT2D eigenvalue weighted by molar-refractivity contribution is 0.606. The van der Waals surface area contributed by atoms with Crippen LogP contribution in [0.3, 0.4) is 0 Å². The maximum atomic E-state index is 13.9. The predicted molar refractivity (Wildman–Crippen MR) is 111 cm³/mol. The lowest BCUT2D eigenvalue weighted by Crippen LogP contribution is -2.20. The first kappa shape index (κ1) is 20.0. The Morgan fingerprint density at radius 2 is 1.84 bits per heavy atom. The first-order valence-corrected chi connectivity index (χ1v) is 9.15. The molecule has 3 aromatic heterocycles. The summed E-state index contributed by atoms with van der Waals surface area (Å²) >= 11 is 0.